The molecule has 1 aromatic rings. The Morgan fingerprint density at radius 3 is 2.70 bits per heavy atom. The van der Waals surface area contributed by atoms with Gasteiger partial charge in [0.2, 0.25) is 5.91 Å². The molecule has 1 saturated heterocycles. The molecule has 124 valence electrons. The highest BCUT2D eigenvalue weighted by Gasteiger charge is 2.47. The van der Waals surface area contributed by atoms with Crippen LogP contribution in [-0.4, -0.2) is 34.0 Å². The number of carbonyl (C=O) groups excluding carboxylic acids is 1. The second-order valence-corrected chi connectivity index (χ2v) is 6.70. The largest absolute Gasteiger partial charge is 0.480 e. The van der Waals surface area contributed by atoms with E-state index in [9.17, 15) is 14.7 Å². The van der Waals surface area contributed by atoms with E-state index in [1.807, 2.05) is 24.3 Å². The van der Waals surface area contributed by atoms with Gasteiger partial charge in [0, 0.05) is 18.2 Å². The SMILES string of the molecule is Nc1ccccc1CCC(=O)N1C(C(=O)O)CC2CCCCC21. The van der Waals surface area contributed by atoms with E-state index < -0.39 is 12.0 Å². The number of amides is 1. The van der Waals surface area contributed by atoms with E-state index in [1.54, 1.807) is 4.90 Å². The lowest BCUT2D eigenvalue weighted by Gasteiger charge is -2.33. The Labute approximate surface area is 136 Å². The highest BCUT2D eigenvalue weighted by molar-refractivity contribution is 5.85. The van der Waals surface area contributed by atoms with Gasteiger partial charge in [0.15, 0.2) is 0 Å². The number of hydrogen-bond donors (Lipinski definition) is 2. The second kappa shape index (κ2) is 6.60. The van der Waals surface area contributed by atoms with Gasteiger partial charge in [-0.3, -0.25) is 4.79 Å². The van der Waals surface area contributed by atoms with Crippen LogP contribution in [0.3, 0.4) is 0 Å². The molecule has 1 amide bonds. The number of hydrogen-bond acceptors (Lipinski definition) is 3. The van der Waals surface area contributed by atoms with E-state index in [-0.39, 0.29) is 11.9 Å². The number of anilines is 1. The van der Waals surface area contributed by atoms with Crippen LogP contribution >= 0.6 is 0 Å². The number of nitrogen functional groups attached to an aromatic ring is 1. The number of carbonyl (C=O) groups is 2. The third-order valence-electron chi connectivity index (χ3n) is 5.32. The molecular formula is C18H24N2O3. The van der Waals surface area contributed by atoms with Crippen LogP contribution in [0.5, 0.6) is 0 Å². The lowest BCUT2D eigenvalue weighted by atomic mass is 9.84. The van der Waals surface area contributed by atoms with Gasteiger partial charge in [-0.15, -0.1) is 0 Å². The number of aliphatic carboxylic acids is 1. The predicted molar refractivity (Wildman–Crippen MR) is 87.8 cm³/mol. The molecule has 0 bridgehead atoms. The predicted octanol–water partition coefficient (Wildman–Crippen LogP) is 2.45. The summed E-state index contributed by atoms with van der Waals surface area (Å²) in [6.07, 6.45) is 5.71. The Morgan fingerprint density at radius 2 is 1.96 bits per heavy atom. The van der Waals surface area contributed by atoms with Crippen molar-refractivity contribution in [2.24, 2.45) is 5.92 Å². The normalized spacial score (nSPS) is 26.8. The van der Waals surface area contributed by atoms with Crippen molar-refractivity contribution in [2.45, 2.75) is 57.0 Å². The molecule has 3 atom stereocenters. The highest BCUT2D eigenvalue weighted by Crippen LogP contribution is 2.40. The maximum absolute atomic E-state index is 12.7. The van der Waals surface area contributed by atoms with Crippen LogP contribution in [0, 0.1) is 5.92 Å². The topological polar surface area (TPSA) is 83.6 Å². The van der Waals surface area contributed by atoms with Crippen molar-refractivity contribution in [3.8, 4) is 0 Å². The minimum atomic E-state index is -0.869. The third kappa shape index (κ3) is 3.19. The van der Waals surface area contributed by atoms with Crippen LogP contribution < -0.4 is 5.73 Å². The zero-order valence-electron chi connectivity index (χ0n) is 13.3. The van der Waals surface area contributed by atoms with Gasteiger partial charge >= 0.3 is 5.97 Å². The van der Waals surface area contributed by atoms with Crippen LogP contribution in [0.4, 0.5) is 5.69 Å². The summed E-state index contributed by atoms with van der Waals surface area (Å²) in [5.74, 6) is -0.558. The molecule has 3 unspecified atom stereocenters. The van der Waals surface area contributed by atoms with Crippen molar-refractivity contribution in [2.75, 3.05) is 5.73 Å². The summed E-state index contributed by atoms with van der Waals surface area (Å²) >= 11 is 0. The maximum Gasteiger partial charge on any atom is 0.326 e. The number of benzene rings is 1. The van der Waals surface area contributed by atoms with Crippen molar-refractivity contribution in [1.29, 1.82) is 0 Å². The first-order chi connectivity index (χ1) is 11.1. The number of nitrogens with two attached hydrogens (primary N) is 1. The quantitative estimate of drug-likeness (QED) is 0.836. The van der Waals surface area contributed by atoms with Gasteiger partial charge in [0.1, 0.15) is 6.04 Å². The number of carboxylic acids is 1. The Balaban J connectivity index is 1.71. The first-order valence-corrected chi connectivity index (χ1v) is 8.45. The number of fused-ring (bicyclic) bond motifs is 1. The summed E-state index contributed by atoms with van der Waals surface area (Å²) in [6.45, 7) is 0. The van der Waals surface area contributed by atoms with Crippen LogP contribution in [0.25, 0.3) is 0 Å². The molecule has 2 aliphatic rings. The third-order valence-corrected chi connectivity index (χ3v) is 5.32. The molecule has 1 aliphatic carbocycles. The highest BCUT2D eigenvalue weighted by atomic mass is 16.4. The molecule has 5 heteroatoms. The molecule has 1 aromatic carbocycles. The monoisotopic (exact) mass is 316 g/mol. The van der Waals surface area contributed by atoms with Crippen LogP contribution in [0.2, 0.25) is 0 Å². The number of nitrogens with zero attached hydrogens (tertiary/aromatic N) is 1. The summed E-state index contributed by atoms with van der Waals surface area (Å²) in [5, 5.41) is 9.50. The number of carboxylic acid groups (broad SMARTS) is 1. The average Bonchev–Trinajstić information content (AvgIpc) is 2.93. The molecule has 0 aromatic heterocycles. The van der Waals surface area contributed by atoms with E-state index in [0.717, 1.165) is 31.2 Å². The van der Waals surface area contributed by atoms with Gasteiger partial charge in [0.05, 0.1) is 0 Å². The molecule has 3 rings (SSSR count). The number of rotatable bonds is 4. The van der Waals surface area contributed by atoms with E-state index in [1.165, 1.54) is 0 Å². The molecule has 1 saturated carbocycles. The van der Waals surface area contributed by atoms with Crippen molar-refractivity contribution in [3.63, 3.8) is 0 Å². The zero-order valence-corrected chi connectivity index (χ0v) is 13.3. The van der Waals surface area contributed by atoms with Gasteiger partial charge < -0.3 is 15.7 Å². The van der Waals surface area contributed by atoms with E-state index in [0.29, 0.717) is 30.9 Å². The minimum Gasteiger partial charge on any atom is -0.480 e. The molecule has 1 heterocycles. The number of likely N-dealkylation sites (tertiary alicyclic amines) is 1. The smallest absolute Gasteiger partial charge is 0.326 e. The van der Waals surface area contributed by atoms with Crippen LogP contribution in [0.15, 0.2) is 24.3 Å². The van der Waals surface area contributed by atoms with Gasteiger partial charge in [-0.05, 0) is 43.2 Å². The van der Waals surface area contributed by atoms with E-state index in [4.69, 9.17) is 5.73 Å². The summed E-state index contributed by atoms with van der Waals surface area (Å²) in [6, 6.07) is 6.99. The van der Waals surface area contributed by atoms with Crippen molar-refractivity contribution >= 4 is 17.6 Å². The summed E-state index contributed by atoms with van der Waals surface area (Å²) < 4.78 is 0. The standard InChI is InChI=1S/C18H24N2O3/c19-14-7-3-1-5-12(14)9-10-17(21)20-15-8-4-2-6-13(15)11-16(20)18(22)23/h1,3,5,7,13,15-16H,2,4,6,8-11,19H2,(H,22,23). The van der Waals surface area contributed by atoms with Crippen molar-refractivity contribution in [3.05, 3.63) is 29.8 Å². The fraction of sp³-hybridized carbons (Fsp3) is 0.556. The summed E-state index contributed by atoms with van der Waals surface area (Å²) in [7, 11) is 0. The molecule has 3 N–H and O–H groups in total. The van der Waals surface area contributed by atoms with Gasteiger partial charge in [-0.2, -0.15) is 0 Å². The zero-order chi connectivity index (χ0) is 16.4. The summed E-state index contributed by atoms with van der Waals surface area (Å²) in [4.78, 5) is 26.0. The van der Waals surface area contributed by atoms with Gasteiger partial charge in [0.25, 0.3) is 0 Å². The van der Waals surface area contributed by atoms with E-state index in [2.05, 4.69) is 0 Å². The van der Waals surface area contributed by atoms with Gasteiger partial charge in [-0.1, -0.05) is 31.0 Å². The average molecular weight is 316 g/mol. The van der Waals surface area contributed by atoms with Crippen molar-refractivity contribution < 1.29 is 14.7 Å². The van der Waals surface area contributed by atoms with E-state index >= 15 is 0 Å². The fourth-order valence-corrected chi connectivity index (χ4v) is 4.17. The fourth-order valence-electron chi connectivity index (χ4n) is 4.17. The Hall–Kier alpha value is -2.04. The lowest BCUT2D eigenvalue weighted by Crippen LogP contribution is -2.46. The van der Waals surface area contributed by atoms with Crippen molar-refractivity contribution in [1.82, 2.24) is 4.90 Å². The molecule has 0 spiro atoms. The second-order valence-electron chi connectivity index (χ2n) is 6.70. The Morgan fingerprint density at radius 1 is 1.22 bits per heavy atom. The van der Waals surface area contributed by atoms with Crippen LogP contribution in [0.1, 0.15) is 44.1 Å². The summed E-state index contributed by atoms with van der Waals surface area (Å²) in [5.41, 5.74) is 7.56. The first-order valence-electron chi connectivity index (χ1n) is 8.45. The maximum atomic E-state index is 12.7. The lowest BCUT2D eigenvalue weighted by molar-refractivity contribution is -0.149. The molecule has 5 nitrogen and oxygen atoms in total. The number of para-hydroxylation sites is 1. The first kappa shape index (κ1) is 15.8. The minimum absolute atomic E-state index is 0.0462. The molecule has 23 heavy (non-hydrogen) atoms. The molecule has 1 aliphatic heterocycles. The van der Waals surface area contributed by atoms with Gasteiger partial charge in [-0.25, -0.2) is 4.79 Å². The number of aryl methyl sites for hydroxylation is 1. The molecule has 2 fully saturated rings. The van der Waals surface area contributed by atoms with Crippen LogP contribution in [-0.2, 0) is 16.0 Å². The molecule has 0 radical (unpaired) electrons. The Bertz CT molecular complexity index is 602. The molecular weight excluding hydrogens is 292 g/mol. The Kier molecular flexibility index (Phi) is 4.55.